The minimum Gasteiger partial charge on any atom is -0.495 e. The number of sulfonamides is 1. The SMILES string of the molecule is COc1cc(C)c(C)cc1S(=O)(=O)N1CCNC(=O)C1(C)C. The molecule has 122 valence electrons. The van der Waals surface area contributed by atoms with Crippen molar-refractivity contribution in [2.45, 2.75) is 38.1 Å². The van der Waals surface area contributed by atoms with E-state index in [2.05, 4.69) is 5.32 Å². The van der Waals surface area contributed by atoms with Crippen molar-refractivity contribution >= 4 is 15.9 Å². The van der Waals surface area contributed by atoms with Gasteiger partial charge in [0, 0.05) is 13.1 Å². The Balaban J connectivity index is 2.60. The maximum absolute atomic E-state index is 13.1. The molecule has 2 rings (SSSR count). The third-order valence-electron chi connectivity index (χ3n) is 4.13. The molecule has 0 aliphatic carbocycles. The summed E-state index contributed by atoms with van der Waals surface area (Å²) >= 11 is 0. The summed E-state index contributed by atoms with van der Waals surface area (Å²) in [5.41, 5.74) is 0.672. The molecule has 1 aromatic carbocycles. The minimum absolute atomic E-state index is 0.0980. The molecule has 0 bridgehead atoms. The molecule has 1 amide bonds. The number of hydrogen-bond acceptors (Lipinski definition) is 4. The van der Waals surface area contributed by atoms with E-state index in [1.54, 1.807) is 26.0 Å². The molecule has 7 heteroatoms. The molecule has 0 spiro atoms. The van der Waals surface area contributed by atoms with Crippen molar-refractivity contribution in [1.82, 2.24) is 9.62 Å². The zero-order valence-corrected chi connectivity index (χ0v) is 14.4. The van der Waals surface area contributed by atoms with Crippen molar-refractivity contribution in [1.29, 1.82) is 0 Å². The van der Waals surface area contributed by atoms with Gasteiger partial charge < -0.3 is 10.1 Å². The fraction of sp³-hybridized carbons (Fsp3) is 0.533. The smallest absolute Gasteiger partial charge is 0.247 e. The third-order valence-corrected chi connectivity index (χ3v) is 6.22. The van der Waals surface area contributed by atoms with Crippen LogP contribution in [0.25, 0.3) is 0 Å². The van der Waals surface area contributed by atoms with E-state index in [9.17, 15) is 13.2 Å². The molecule has 1 saturated heterocycles. The summed E-state index contributed by atoms with van der Waals surface area (Å²) in [4.78, 5) is 12.1. The number of rotatable bonds is 3. The predicted molar refractivity (Wildman–Crippen MR) is 83.4 cm³/mol. The minimum atomic E-state index is -3.84. The molecule has 1 aliphatic heterocycles. The molecule has 1 fully saturated rings. The van der Waals surface area contributed by atoms with Crippen molar-refractivity contribution in [3.63, 3.8) is 0 Å². The van der Waals surface area contributed by atoms with E-state index in [0.29, 0.717) is 12.3 Å². The highest BCUT2D eigenvalue weighted by Crippen LogP contribution is 2.33. The zero-order valence-electron chi connectivity index (χ0n) is 13.6. The normalized spacial score (nSPS) is 18.9. The molecule has 0 atom stereocenters. The molecule has 6 nitrogen and oxygen atoms in total. The van der Waals surface area contributed by atoms with Crippen LogP contribution in [0, 0.1) is 13.8 Å². The Hall–Kier alpha value is -1.60. The van der Waals surface area contributed by atoms with Crippen molar-refractivity contribution in [3.05, 3.63) is 23.3 Å². The molecule has 0 unspecified atom stereocenters. The second kappa shape index (κ2) is 5.55. The van der Waals surface area contributed by atoms with Gasteiger partial charge in [-0.3, -0.25) is 4.79 Å². The molecular weight excluding hydrogens is 304 g/mol. The van der Waals surface area contributed by atoms with E-state index < -0.39 is 15.6 Å². The molecule has 1 N–H and O–H groups in total. The van der Waals surface area contributed by atoms with Crippen molar-refractivity contribution in [2.24, 2.45) is 0 Å². The molecule has 22 heavy (non-hydrogen) atoms. The Morgan fingerprint density at radius 2 is 1.82 bits per heavy atom. The Morgan fingerprint density at radius 1 is 1.23 bits per heavy atom. The number of aryl methyl sites for hydroxylation is 2. The van der Waals surface area contributed by atoms with E-state index in [1.807, 2.05) is 13.8 Å². The van der Waals surface area contributed by atoms with Crippen molar-refractivity contribution < 1.29 is 17.9 Å². The van der Waals surface area contributed by atoms with Crippen LogP contribution in [-0.2, 0) is 14.8 Å². The fourth-order valence-electron chi connectivity index (χ4n) is 2.54. The maximum Gasteiger partial charge on any atom is 0.247 e. The lowest BCUT2D eigenvalue weighted by Gasteiger charge is -2.40. The van der Waals surface area contributed by atoms with Gasteiger partial charge in [-0.05, 0) is 51.0 Å². The summed E-state index contributed by atoms with van der Waals surface area (Å²) in [6.45, 7) is 7.49. The van der Waals surface area contributed by atoms with Crippen LogP contribution in [-0.4, -0.2) is 44.4 Å². The maximum atomic E-state index is 13.1. The van der Waals surface area contributed by atoms with Gasteiger partial charge in [-0.1, -0.05) is 0 Å². The average Bonchev–Trinajstić information content (AvgIpc) is 2.43. The topological polar surface area (TPSA) is 75.7 Å². The first-order valence-corrected chi connectivity index (χ1v) is 8.52. The van der Waals surface area contributed by atoms with E-state index >= 15 is 0 Å². The highest BCUT2D eigenvalue weighted by Gasteiger charge is 2.45. The average molecular weight is 326 g/mol. The lowest BCUT2D eigenvalue weighted by molar-refractivity contribution is -0.131. The largest absolute Gasteiger partial charge is 0.495 e. The van der Waals surface area contributed by atoms with Gasteiger partial charge in [-0.2, -0.15) is 4.31 Å². The second-order valence-corrected chi connectivity index (χ2v) is 7.81. The number of carbonyl (C=O) groups excluding carboxylic acids is 1. The first-order valence-electron chi connectivity index (χ1n) is 7.08. The second-order valence-electron chi connectivity index (χ2n) is 5.98. The van der Waals surface area contributed by atoms with Crippen LogP contribution in [0.2, 0.25) is 0 Å². The van der Waals surface area contributed by atoms with Gasteiger partial charge >= 0.3 is 0 Å². The summed E-state index contributed by atoms with van der Waals surface area (Å²) < 4.78 is 32.6. The van der Waals surface area contributed by atoms with Crippen molar-refractivity contribution in [2.75, 3.05) is 20.2 Å². The molecule has 1 aliphatic rings. The number of carbonyl (C=O) groups is 1. The number of piperazine rings is 1. The lowest BCUT2D eigenvalue weighted by atomic mass is 10.0. The van der Waals surface area contributed by atoms with Gasteiger partial charge in [0.1, 0.15) is 16.2 Å². The number of benzene rings is 1. The Morgan fingerprint density at radius 3 is 2.41 bits per heavy atom. The third kappa shape index (κ3) is 2.59. The molecule has 0 saturated carbocycles. The molecule has 0 radical (unpaired) electrons. The van der Waals surface area contributed by atoms with Crippen LogP contribution in [0.5, 0.6) is 5.75 Å². The highest BCUT2D eigenvalue weighted by molar-refractivity contribution is 7.89. The first-order chi connectivity index (χ1) is 10.1. The monoisotopic (exact) mass is 326 g/mol. The van der Waals surface area contributed by atoms with Gasteiger partial charge in [0.2, 0.25) is 15.9 Å². The summed E-state index contributed by atoms with van der Waals surface area (Å²) in [6, 6.07) is 3.31. The van der Waals surface area contributed by atoms with Crippen LogP contribution in [0.15, 0.2) is 17.0 Å². The van der Waals surface area contributed by atoms with Gasteiger partial charge in [-0.15, -0.1) is 0 Å². The number of methoxy groups -OCH3 is 1. The Kier molecular flexibility index (Phi) is 4.23. The lowest BCUT2D eigenvalue weighted by Crippen LogP contribution is -2.63. The number of amides is 1. The Labute approximate surface area is 131 Å². The van der Waals surface area contributed by atoms with E-state index in [-0.39, 0.29) is 17.3 Å². The van der Waals surface area contributed by atoms with Gasteiger partial charge in [0.05, 0.1) is 7.11 Å². The van der Waals surface area contributed by atoms with Crippen LogP contribution in [0.1, 0.15) is 25.0 Å². The highest BCUT2D eigenvalue weighted by atomic mass is 32.2. The molecule has 1 aromatic rings. The van der Waals surface area contributed by atoms with Crippen LogP contribution in [0.3, 0.4) is 0 Å². The van der Waals surface area contributed by atoms with Crippen LogP contribution in [0.4, 0.5) is 0 Å². The van der Waals surface area contributed by atoms with E-state index in [4.69, 9.17) is 4.74 Å². The number of nitrogens with zero attached hydrogens (tertiary/aromatic N) is 1. The molecular formula is C15H22N2O4S. The number of hydrogen-bond donors (Lipinski definition) is 1. The van der Waals surface area contributed by atoms with Gasteiger partial charge in [0.25, 0.3) is 0 Å². The zero-order chi connectivity index (χ0) is 16.7. The Bertz CT molecular complexity index is 710. The summed E-state index contributed by atoms with van der Waals surface area (Å²) in [7, 11) is -2.40. The van der Waals surface area contributed by atoms with Crippen molar-refractivity contribution in [3.8, 4) is 5.75 Å². The van der Waals surface area contributed by atoms with Gasteiger partial charge in [-0.25, -0.2) is 8.42 Å². The standard InChI is InChI=1S/C15H22N2O4S/c1-10-8-12(21-5)13(9-11(10)2)22(19,20)17-7-6-16-14(18)15(17,3)4/h8-9H,6-7H2,1-5H3,(H,16,18). The van der Waals surface area contributed by atoms with E-state index in [0.717, 1.165) is 11.1 Å². The predicted octanol–water partition coefficient (Wildman–Crippen LogP) is 1.21. The van der Waals surface area contributed by atoms with E-state index in [1.165, 1.54) is 11.4 Å². The first kappa shape index (κ1) is 16.8. The summed E-state index contributed by atoms with van der Waals surface area (Å²) in [5, 5.41) is 2.70. The molecule has 0 aromatic heterocycles. The summed E-state index contributed by atoms with van der Waals surface area (Å²) in [5.74, 6) is -0.00462. The number of ether oxygens (including phenoxy) is 1. The quantitative estimate of drug-likeness (QED) is 0.906. The number of nitrogens with one attached hydrogen (secondary N) is 1. The van der Waals surface area contributed by atoms with Crippen LogP contribution >= 0.6 is 0 Å². The van der Waals surface area contributed by atoms with Crippen LogP contribution < -0.4 is 10.1 Å². The van der Waals surface area contributed by atoms with Gasteiger partial charge in [0.15, 0.2) is 0 Å². The molecule has 1 heterocycles. The summed E-state index contributed by atoms with van der Waals surface area (Å²) in [6.07, 6.45) is 0. The fourth-order valence-corrected chi connectivity index (χ4v) is 4.52.